The van der Waals surface area contributed by atoms with Crippen LogP contribution in [0.5, 0.6) is 0 Å². The first-order valence-corrected chi connectivity index (χ1v) is 4.78. The molecule has 0 aromatic carbocycles. The average Bonchev–Trinajstić information content (AvgIpc) is 2.24. The molecule has 0 spiro atoms. The highest BCUT2D eigenvalue weighted by Gasteiger charge is 2.13. The summed E-state index contributed by atoms with van der Waals surface area (Å²) in [6, 6.07) is 0. The first-order valence-electron chi connectivity index (χ1n) is 4.78. The summed E-state index contributed by atoms with van der Waals surface area (Å²) in [4.78, 5) is 22.0. The van der Waals surface area contributed by atoms with Crippen LogP contribution in [0.1, 0.15) is 26.2 Å². The van der Waals surface area contributed by atoms with Gasteiger partial charge < -0.3 is 9.47 Å². The predicted octanol–water partition coefficient (Wildman–Crippen LogP) is 1.14. The number of hydrogen-bond acceptors (Lipinski definition) is 4. The van der Waals surface area contributed by atoms with Crippen molar-refractivity contribution >= 4 is 11.9 Å². The smallest absolute Gasteiger partial charge is 0.308 e. The summed E-state index contributed by atoms with van der Waals surface area (Å²) < 4.78 is 9.22. The normalized spacial score (nSPS) is 11.3. The summed E-state index contributed by atoms with van der Waals surface area (Å²) in [5.41, 5.74) is 0. The first kappa shape index (κ1) is 13.5. The number of esters is 2. The van der Waals surface area contributed by atoms with Crippen molar-refractivity contribution in [2.45, 2.75) is 26.2 Å². The number of ether oxygens (including phenoxy) is 2. The molecule has 0 radical (unpaired) electrons. The van der Waals surface area contributed by atoms with Gasteiger partial charge in [-0.2, -0.15) is 0 Å². The summed E-state index contributed by atoms with van der Waals surface area (Å²) in [6.07, 6.45) is 6.41. The van der Waals surface area contributed by atoms with E-state index < -0.39 is 0 Å². The Morgan fingerprint density at radius 2 is 2.13 bits per heavy atom. The SMILES string of the molecule is C#CCOC(=O)CCCC(C)C(=O)OC. The Balaban J connectivity index is 3.57. The molecule has 0 aliphatic heterocycles. The molecule has 0 aliphatic carbocycles. The van der Waals surface area contributed by atoms with E-state index in [9.17, 15) is 9.59 Å². The molecule has 4 nitrogen and oxygen atoms in total. The number of hydrogen-bond donors (Lipinski definition) is 0. The van der Waals surface area contributed by atoms with Gasteiger partial charge in [-0.1, -0.05) is 12.8 Å². The first-order chi connectivity index (χ1) is 7.11. The molecule has 0 bridgehead atoms. The Hall–Kier alpha value is -1.50. The molecule has 4 heteroatoms. The van der Waals surface area contributed by atoms with Crippen LogP contribution in [0.4, 0.5) is 0 Å². The molecule has 0 rings (SSSR count). The van der Waals surface area contributed by atoms with Crippen LogP contribution in [0.3, 0.4) is 0 Å². The Morgan fingerprint density at radius 1 is 1.47 bits per heavy atom. The maximum absolute atomic E-state index is 11.0. The van der Waals surface area contributed by atoms with Gasteiger partial charge in [0.05, 0.1) is 13.0 Å². The van der Waals surface area contributed by atoms with Crippen LogP contribution in [-0.2, 0) is 19.1 Å². The number of carbonyl (C=O) groups is 2. The van der Waals surface area contributed by atoms with Crippen molar-refractivity contribution in [3.05, 3.63) is 0 Å². The molecule has 84 valence electrons. The molecule has 0 heterocycles. The van der Waals surface area contributed by atoms with E-state index in [1.54, 1.807) is 6.92 Å². The van der Waals surface area contributed by atoms with Gasteiger partial charge in [0.25, 0.3) is 0 Å². The van der Waals surface area contributed by atoms with Gasteiger partial charge in [-0.25, -0.2) is 0 Å². The van der Waals surface area contributed by atoms with Crippen molar-refractivity contribution in [2.24, 2.45) is 5.92 Å². The Morgan fingerprint density at radius 3 is 2.67 bits per heavy atom. The maximum atomic E-state index is 11.0. The standard InChI is InChI=1S/C11H16O4/c1-4-8-15-10(12)7-5-6-9(2)11(13)14-3/h1,9H,5-8H2,2-3H3. The molecule has 0 aromatic heterocycles. The number of methoxy groups -OCH3 is 1. The van der Waals surface area contributed by atoms with E-state index in [1.807, 2.05) is 0 Å². The zero-order valence-electron chi connectivity index (χ0n) is 9.12. The van der Waals surface area contributed by atoms with Gasteiger partial charge in [0, 0.05) is 6.42 Å². The van der Waals surface area contributed by atoms with Crippen molar-refractivity contribution in [1.29, 1.82) is 0 Å². The summed E-state index contributed by atoms with van der Waals surface area (Å²) >= 11 is 0. The molecule has 0 N–H and O–H groups in total. The van der Waals surface area contributed by atoms with Gasteiger partial charge in [-0.05, 0) is 12.8 Å². The summed E-state index contributed by atoms with van der Waals surface area (Å²) in [5.74, 6) is 1.44. The second-order valence-corrected chi connectivity index (χ2v) is 3.18. The summed E-state index contributed by atoms with van der Waals surface area (Å²) in [7, 11) is 1.35. The van der Waals surface area contributed by atoms with Gasteiger partial charge in [-0.15, -0.1) is 6.42 Å². The van der Waals surface area contributed by atoms with Crippen LogP contribution < -0.4 is 0 Å². The van der Waals surface area contributed by atoms with E-state index in [0.29, 0.717) is 12.8 Å². The highest BCUT2D eigenvalue weighted by atomic mass is 16.5. The van der Waals surface area contributed by atoms with Crippen LogP contribution in [0.2, 0.25) is 0 Å². The van der Waals surface area contributed by atoms with Crippen LogP contribution in [-0.4, -0.2) is 25.7 Å². The topological polar surface area (TPSA) is 52.6 Å². The Labute approximate surface area is 89.9 Å². The lowest BCUT2D eigenvalue weighted by molar-refractivity contribution is -0.146. The zero-order chi connectivity index (χ0) is 11.7. The second kappa shape index (κ2) is 7.86. The predicted molar refractivity (Wildman–Crippen MR) is 54.8 cm³/mol. The Bertz CT molecular complexity index is 252. The van der Waals surface area contributed by atoms with E-state index in [1.165, 1.54) is 7.11 Å². The fraction of sp³-hybridized carbons (Fsp3) is 0.636. The number of rotatable bonds is 6. The largest absolute Gasteiger partial charge is 0.469 e. The van der Waals surface area contributed by atoms with E-state index in [0.717, 1.165) is 0 Å². The van der Waals surface area contributed by atoms with Crippen LogP contribution in [0, 0.1) is 18.3 Å². The van der Waals surface area contributed by atoms with E-state index in [-0.39, 0.29) is 30.9 Å². The molecule has 0 amide bonds. The van der Waals surface area contributed by atoms with E-state index >= 15 is 0 Å². The highest BCUT2D eigenvalue weighted by Crippen LogP contribution is 2.09. The minimum Gasteiger partial charge on any atom is -0.469 e. The van der Waals surface area contributed by atoms with Crippen molar-refractivity contribution in [2.75, 3.05) is 13.7 Å². The van der Waals surface area contributed by atoms with Gasteiger partial charge in [0.2, 0.25) is 0 Å². The molecule has 15 heavy (non-hydrogen) atoms. The van der Waals surface area contributed by atoms with E-state index in [2.05, 4.69) is 15.4 Å². The summed E-state index contributed by atoms with van der Waals surface area (Å²) in [5, 5.41) is 0. The third kappa shape index (κ3) is 6.55. The summed E-state index contributed by atoms with van der Waals surface area (Å²) in [6.45, 7) is 1.77. The maximum Gasteiger partial charge on any atom is 0.308 e. The fourth-order valence-electron chi connectivity index (χ4n) is 1.07. The van der Waals surface area contributed by atoms with Crippen LogP contribution >= 0.6 is 0 Å². The van der Waals surface area contributed by atoms with Crippen molar-refractivity contribution in [3.63, 3.8) is 0 Å². The van der Waals surface area contributed by atoms with Crippen LogP contribution in [0.15, 0.2) is 0 Å². The molecule has 0 aliphatic rings. The minimum atomic E-state index is -0.329. The molecule has 0 fully saturated rings. The lowest BCUT2D eigenvalue weighted by atomic mass is 10.0. The van der Waals surface area contributed by atoms with Gasteiger partial charge in [0.15, 0.2) is 6.61 Å². The lowest BCUT2D eigenvalue weighted by Crippen LogP contribution is -2.13. The molecule has 0 aromatic rings. The van der Waals surface area contributed by atoms with Crippen LogP contribution in [0.25, 0.3) is 0 Å². The molecule has 0 saturated carbocycles. The van der Waals surface area contributed by atoms with E-state index in [4.69, 9.17) is 6.42 Å². The molecule has 0 saturated heterocycles. The zero-order valence-corrected chi connectivity index (χ0v) is 9.12. The minimum absolute atomic E-state index is 0.00535. The third-order valence-corrected chi connectivity index (χ3v) is 1.94. The number of terminal acetylenes is 1. The fourth-order valence-corrected chi connectivity index (χ4v) is 1.07. The second-order valence-electron chi connectivity index (χ2n) is 3.18. The van der Waals surface area contributed by atoms with Gasteiger partial charge in [-0.3, -0.25) is 9.59 Å². The van der Waals surface area contributed by atoms with Crippen molar-refractivity contribution < 1.29 is 19.1 Å². The number of carbonyl (C=O) groups excluding carboxylic acids is 2. The Kier molecular flexibility index (Phi) is 7.08. The molecule has 1 atom stereocenters. The molecular formula is C11H16O4. The van der Waals surface area contributed by atoms with Crippen molar-refractivity contribution in [3.8, 4) is 12.3 Å². The third-order valence-electron chi connectivity index (χ3n) is 1.94. The average molecular weight is 212 g/mol. The molecular weight excluding hydrogens is 196 g/mol. The van der Waals surface area contributed by atoms with Gasteiger partial charge >= 0.3 is 11.9 Å². The van der Waals surface area contributed by atoms with Gasteiger partial charge in [0.1, 0.15) is 0 Å². The monoisotopic (exact) mass is 212 g/mol. The quantitative estimate of drug-likeness (QED) is 0.489. The lowest BCUT2D eigenvalue weighted by Gasteiger charge is -2.07. The van der Waals surface area contributed by atoms with Crippen molar-refractivity contribution in [1.82, 2.24) is 0 Å². The molecule has 1 unspecified atom stereocenters. The highest BCUT2D eigenvalue weighted by molar-refractivity contribution is 5.72.